The third-order valence-electron chi connectivity index (χ3n) is 2.93. The molecule has 1 atom stereocenters. The second-order valence-electron chi connectivity index (χ2n) is 4.80. The van der Waals surface area contributed by atoms with Crippen molar-refractivity contribution in [2.75, 3.05) is 13.2 Å². The van der Waals surface area contributed by atoms with Crippen molar-refractivity contribution >= 4 is 10.1 Å². The average molecular weight is 314 g/mol. The Morgan fingerprint density at radius 2 is 2.14 bits per heavy atom. The van der Waals surface area contributed by atoms with Crippen LogP contribution in [-0.4, -0.2) is 32.8 Å². The van der Waals surface area contributed by atoms with Gasteiger partial charge in [-0.25, -0.2) is 0 Å². The van der Waals surface area contributed by atoms with Crippen molar-refractivity contribution in [1.29, 1.82) is 0 Å². The molecule has 1 rings (SSSR count). The molecule has 0 saturated carbocycles. The molecule has 21 heavy (non-hydrogen) atoms. The number of aryl methyl sites for hydroxylation is 1. The highest BCUT2D eigenvalue weighted by Crippen LogP contribution is 2.22. The van der Waals surface area contributed by atoms with E-state index in [2.05, 4.69) is 6.58 Å². The standard InChI is InChI=1S/C15H22O5S/c1-4-9-19-13(3)6-5-10-20-21(17,18)15-11-14(16)8-7-12(15)2/h4,7-8,11,13,16H,1,5-6,9-10H2,2-3H3. The van der Waals surface area contributed by atoms with Crippen LogP contribution in [0.15, 0.2) is 35.7 Å². The topological polar surface area (TPSA) is 72.8 Å². The van der Waals surface area contributed by atoms with E-state index >= 15 is 0 Å². The molecule has 0 spiro atoms. The summed E-state index contributed by atoms with van der Waals surface area (Å²) in [5, 5.41) is 9.38. The van der Waals surface area contributed by atoms with Gasteiger partial charge in [0.25, 0.3) is 10.1 Å². The van der Waals surface area contributed by atoms with Crippen LogP contribution in [0.2, 0.25) is 0 Å². The summed E-state index contributed by atoms with van der Waals surface area (Å²) in [5.41, 5.74) is 0.537. The summed E-state index contributed by atoms with van der Waals surface area (Å²) in [5.74, 6) is -0.103. The number of benzene rings is 1. The van der Waals surface area contributed by atoms with Crippen LogP contribution in [0.5, 0.6) is 5.75 Å². The van der Waals surface area contributed by atoms with Gasteiger partial charge in [-0.05, 0) is 38.3 Å². The molecule has 0 amide bonds. The maximum absolute atomic E-state index is 12.0. The molecule has 1 aromatic carbocycles. The van der Waals surface area contributed by atoms with Crippen molar-refractivity contribution in [3.63, 3.8) is 0 Å². The van der Waals surface area contributed by atoms with Crippen molar-refractivity contribution in [3.05, 3.63) is 36.4 Å². The van der Waals surface area contributed by atoms with Crippen LogP contribution in [-0.2, 0) is 19.0 Å². The SMILES string of the molecule is C=CCOC(C)CCCOS(=O)(=O)c1cc(O)ccc1C. The predicted molar refractivity (Wildman–Crippen MR) is 80.8 cm³/mol. The molecule has 0 aromatic heterocycles. The minimum atomic E-state index is -3.85. The van der Waals surface area contributed by atoms with Gasteiger partial charge in [0.2, 0.25) is 0 Å². The first kappa shape index (κ1) is 17.7. The average Bonchev–Trinajstić information content (AvgIpc) is 2.44. The lowest BCUT2D eigenvalue weighted by atomic mass is 10.2. The monoisotopic (exact) mass is 314 g/mol. The zero-order chi connectivity index (χ0) is 15.9. The Morgan fingerprint density at radius 3 is 2.81 bits per heavy atom. The lowest BCUT2D eigenvalue weighted by molar-refractivity contribution is 0.0771. The van der Waals surface area contributed by atoms with Crippen molar-refractivity contribution in [2.45, 2.75) is 37.7 Å². The molecule has 0 fully saturated rings. The van der Waals surface area contributed by atoms with Crippen LogP contribution in [0.3, 0.4) is 0 Å². The van der Waals surface area contributed by atoms with E-state index in [0.29, 0.717) is 25.0 Å². The van der Waals surface area contributed by atoms with Crippen molar-refractivity contribution < 1.29 is 22.4 Å². The second-order valence-corrected chi connectivity index (χ2v) is 6.38. The Bertz CT molecular complexity index is 565. The maximum Gasteiger partial charge on any atom is 0.297 e. The van der Waals surface area contributed by atoms with E-state index < -0.39 is 10.1 Å². The van der Waals surface area contributed by atoms with Gasteiger partial charge in [-0.3, -0.25) is 4.18 Å². The van der Waals surface area contributed by atoms with Gasteiger partial charge in [-0.2, -0.15) is 8.42 Å². The number of rotatable bonds is 9. The Hall–Kier alpha value is -1.37. The zero-order valence-corrected chi connectivity index (χ0v) is 13.2. The molecule has 118 valence electrons. The largest absolute Gasteiger partial charge is 0.508 e. The summed E-state index contributed by atoms with van der Waals surface area (Å²) in [6, 6.07) is 4.17. The normalized spacial score (nSPS) is 13.0. The molecule has 0 aliphatic rings. The summed E-state index contributed by atoms with van der Waals surface area (Å²) in [4.78, 5) is -0.00143. The molecule has 6 heteroatoms. The smallest absolute Gasteiger partial charge is 0.297 e. The minimum absolute atomic E-state index is 0.00143. The first-order valence-electron chi connectivity index (χ1n) is 6.78. The third-order valence-corrected chi connectivity index (χ3v) is 4.39. The van der Waals surface area contributed by atoms with E-state index in [0.717, 1.165) is 0 Å². The van der Waals surface area contributed by atoms with Gasteiger partial charge < -0.3 is 9.84 Å². The van der Waals surface area contributed by atoms with Crippen LogP contribution in [0.1, 0.15) is 25.3 Å². The lowest BCUT2D eigenvalue weighted by Gasteiger charge is -2.12. The van der Waals surface area contributed by atoms with Crippen molar-refractivity contribution in [2.24, 2.45) is 0 Å². The van der Waals surface area contributed by atoms with Gasteiger partial charge in [0.05, 0.1) is 19.3 Å². The lowest BCUT2D eigenvalue weighted by Crippen LogP contribution is -2.12. The Balaban J connectivity index is 2.50. The van der Waals surface area contributed by atoms with E-state index in [1.54, 1.807) is 13.0 Å². The highest BCUT2D eigenvalue weighted by Gasteiger charge is 2.18. The third kappa shape index (κ3) is 5.87. The van der Waals surface area contributed by atoms with Gasteiger partial charge >= 0.3 is 0 Å². The summed E-state index contributed by atoms with van der Waals surface area (Å²) >= 11 is 0. The summed E-state index contributed by atoms with van der Waals surface area (Å²) in [6.07, 6.45) is 2.96. The highest BCUT2D eigenvalue weighted by atomic mass is 32.2. The molecule has 5 nitrogen and oxygen atoms in total. The quantitative estimate of drug-likeness (QED) is 0.431. The van der Waals surface area contributed by atoms with Crippen LogP contribution in [0.25, 0.3) is 0 Å². The number of phenols is 1. The van der Waals surface area contributed by atoms with E-state index in [1.807, 2.05) is 6.92 Å². The molecular formula is C15H22O5S. The van der Waals surface area contributed by atoms with E-state index in [1.165, 1.54) is 18.2 Å². The number of aromatic hydroxyl groups is 1. The molecule has 0 radical (unpaired) electrons. The second kappa shape index (κ2) is 8.17. The number of hydrogen-bond donors (Lipinski definition) is 1. The predicted octanol–water partition coefficient (Wildman–Crippen LogP) is 2.78. The fourth-order valence-electron chi connectivity index (χ4n) is 1.78. The molecule has 1 N–H and O–H groups in total. The van der Waals surface area contributed by atoms with Crippen molar-refractivity contribution in [1.82, 2.24) is 0 Å². The van der Waals surface area contributed by atoms with Crippen LogP contribution >= 0.6 is 0 Å². The number of hydrogen-bond acceptors (Lipinski definition) is 5. The van der Waals surface area contributed by atoms with Crippen molar-refractivity contribution in [3.8, 4) is 5.75 Å². The molecule has 1 aromatic rings. The molecule has 0 heterocycles. The van der Waals surface area contributed by atoms with Crippen LogP contribution in [0, 0.1) is 6.92 Å². The molecule has 0 saturated heterocycles. The van der Waals surface area contributed by atoms with Crippen LogP contribution in [0.4, 0.5) is 0 Å². The molecule has 0 bridgehead atoms. The van der Waals surface area contributed by atoms with E-state index in [9.17, 15) is 13.5 Å². The van der Waals surface area contributed by atoms with Gasteiger partial charge in [0.1, 0.15) is 10.6 Å². The first-order valence-corrected chi connectivity index (χ1v) is 8.19. The fraction of sp³-hybridized carbons (Fsp3) is 0.467. The van der Waals surface area contributed by atoms with E-state index in [-0.39, 0.29) is 23.4 Å². The van der Waals surface area contributed by atoms with E-state index in [4.69, 9.17) is 8.92 Å². The van der Waals surface area contributed by atoms with Gasteiger partial charge in [0.15, 0.2) is 0 Å². The molecule has 1 unspecified atom stereocenters. The maximum atomic E-state index is 12.0. The Labute approximate surface area is 126 Å². The number of ether oxygens (including phenoxy) is 1. The Kier molecular flexibility index (Phi) is 6.87. The molecule has 0 aliphatic heterocycles. The summed E-state index contributed by atoms with van der Waals surface area (Å²) < 4.78 is 34.5. The molecular weight excluding hydrogens is 292 g/mol. The van der Waals surface area contributed by atoms with Gasteiger partial charge in [-0.1, -0.05) is 12.1 Å². The number of phenolic OH excluding ortho intramolecular Hbond substituents is 1. The van der Waals surface area contributed by atoms with Gasteiger partial charge in [-0.15, -0.1) is 6.58 Å². The van der Waals surface area contributed by atoms with Gasteiger partial charge in [0, 0.05) is 6.07 Å². The summed E-state index contributed by atoms with van der Waals surface area (Å²) in [6.45, 7) is 7.69. The highest BCUT2D eigenvalue weighted by molar-refractivity contribution is 7.86. The molecule has 0 aliphatic carbocycles. The zero-order valence-electron chi connectivity index (χ0n) is 12.4. The minimum Gasteiger partial charge on any atom is -0.508 e. The van der Waals surface area contributed by atoms with Crippen LogP contribution < -0.4 is 0 Å². The fourth-order valence-corrected chi connectivity index (χ4v) is 2.97. The summed E-state index contributed by atoms with van der Waals surface area (Å²) in [7, 11) is -3.85. The first-order chi connectivity index (χ1) is 9.86. The Morgan fingerprint density at radius 1 is 1.43 bits per heavy atom.